The molecule has 4 aromatic rings. The van der Waals surface area contributed by atoms with Crippen molar-refractivity contribution in [2.45, 2.75) is 50.6 Å². The molecule has 4 aromatic carbocycles. The zero-order valence-electron chi connectivity index (χ0n) is 25.6. The highest BCUT2D eigenvalue weighted by atomic mass is 35.5. The van der Waals surface area contributed by atoms with Gasteiger partial charge >= 0.3 is 0 Å². The number of carbonyl (C=O) groups is 2. The van der Waals surface area contributed by atoms with Crippen molar-refractivity contribution in [2.75, 3.05) is 17.4 Å². The van der Waals surface area contributed by atoms with Crippen molar-refractivity contribution in [1.29, 1.82) is 0 Å². The lowest BCUT2D eigenvalue weighted by molar-refractivity contribution is -0.140. The van der Waals surface area contributed by atoms with E-state index in [1.165, 1.54) is 59.5 Å². The van der Waals surface area contributed by atoms with E-state index in [0.717, 1.165) is 28.3 Å². The SMILES string of the molecule is CCCCNC(=O)[C@@H](Cc1ccccc1)N(Cc1ccc(F)cc1)C(=O)CN(c1cc(Cl)ccc1Cl)S(=O)(=O)c1ccc(C)cc1. The maximum atomic E-state index is 14.5. The Morgan fingerprint density at radius 3 is 2.22 bits per heavy atom. The van der Waals surface area contributed by atoms with E-state index in [4.69, 9.17) is 23.2 Å². The third-order valence-corrected chi connectivity index (χ3v) is 9.76. The molecule has 242 valence electrons. The number of nitrogens with one attached hydrogen (secondary N) is 1. The van der Waals surface area contributed by atoms with Crippen LogP contribution in [0, 0.1) is 12.7 Å². The zero-order valence-corrected chi connectivity index (χ0v) is 28.0. The van der Waals surface area contributed by atoms with Crippen LogP contribution in [0.4, 0.5) is 10.1 Å². The lowest BCUT2D eigenvalue weighted by Gasteiger charge is -2.34. The Morgan fingerprint density at radius 1 is 0.891 bits per heavy atom. The second kappa shape index (κ2) is 16.1. The summed E-state index contributed by atoms with van der Waals surface area (Å²) in [5, 5.41) is 3.22. The van der Waals surface area contributed by atoms with Crippen molar-refractivity contribution in [3.05, 3.63) is 130 Å². The smallest absolute Gasteiger partial charge is 0.264 e. The topological polar surface area (TPSA) is 86.8 Å². The van der Waals surface area contributed by atoms with Crippen molar-refractivity contribution in [3.63, 3.8) is 0 Å². The van der Waals surface area contributed by atoms with Crippen molar-refractivity contribution >= 4 is 50.7 Å². The summed E-state index contributed by atoms with van der Waals surface area (Å²) in [5.41, 5.74) is 2.22. The number of nitrogens with zero attached hydrogens (tertiary/aromatic N) is 2. The number of hydrogen-bond acceptors (Lipinski definition) is 4. The molecule has 0 spiro atoms. The van der Waals surface area contributed by atoms with Gasteiger partial charge in [0, 0.05) is 24.5 Å². The number of hydrogen-bond donors (Lipinski definition) is 1. The molecule has 0 unspecified atom stereocenters. The summed E-state index contributed by atoms with van der Waals surface area (Å²) in [7, 11) is -4.35. The Labute approximate surface area is 280 Å². The molecule has 0 saturated heterocycles. The molecular formula is C35H36Cl2FN3O4S. The normalized spacial score (nSPS) is 11.9. The first-order chi connectivity index (χ1) is 22.0. The van der Waals surface area contributed by atoms with E-state index in [1.54, 1.807) is 12.1 Å². The molecule has 7 nitrogen and oxygen atoms in total. The van der Waals surface area contributed by atoms with Gasteiger partial charge in [-0.15, -0.1) is 0 Å². The Hall–Kier alpha value is -3.92. The van der Waals surface area contributed by atoms with E-state index in [1.807, 2.05) is 44.2 Å². The molecule has 0 aliphatic rings. The van der Waals surface area contributed by atoms with Gasteiger partial charge < -0.3 is 10.2 Å². The average molecular weight is 685 g/mol. The fraction of sp³-hybridized carbons (Fsp3) is 0.257. The standard InChI is InChI=1S/C35H36Cl2FN3O4S/c1-3-4-20-39-35(43)33(21-26-8-6-5-7-9-26)40(23-27-12-15-29(38)16-13-27)34(42)24-41(32-22-28(36)14-19-31(32)37)46(44,45)30-17-10-25(2)11-18-30/h5-19,22,33H,3-4,20-21,23-24H2,1-2H3,(H,39,43)/t33-/m1/s1. The number of anilines is 1. The summed E-state index contributed by atoms with van der Waals surface area (Å²) in [4.78, 5) is 29.6. The predicted molar refractivity (Wildman–Crippen MR) is 181 cm³/mol. The fourth-order valence-corrected chi connectivity index (χ4v) is 6.74. The first kappa shape index (κ1) is 34.9. The average Bonchev–Trinajstić information content (AvgIpc) is 3.04. The summed E-state index contributed by atoms with van der Waals surface area (Å²) in [5.74, 6) is -1.50. The van der Waals surface area contributed by atoms with E-state index >= 15 is 0 Å². The monoisotopic (exact) mass is 683 g/mol. The summed E-state index contributed by atoms with van der Waals surface area (Å²) in [6.45, 7) is 3.47. The van der Waals surface area contributed by atoms with Crippen LogP contribution in [0.25, 0.3) is 0 Å². The van der Waals surface area contributed by atoms with Crippen LogP contribution in [0.3, 0.4) is 0 Å². The minimum absolute atomic E-state index is 0.0110. The van der Waals surface area contributed by atoms with Crippen LogP contribution in [-0.4, -0.2) is 44.3 Å². The van der Waals surface area contributed by atoms with Crippen LogP contribution in [-0.2, 0) is 32.6 Å². The molecule has 0 bridgehead atoms. The number of rotatable bonds is 14. The number of sulfonamides is 1. The number of unbranched alkanes of at least 4 members (excludes halogenated alkanes) is 1. The molecule has 11 heteroatoms. The van der Waals surface area contributed by atoms with Gasteiger partial charge in [-0.05, 0) is 66.9 Å². The van der Waals surface area contributed by atoms with E-state index in [-0.39, 0.29) is 39.5 Å². The molecule has 2 amide bonds. The van der Waals surface area contributed by atoms with E-state index < -0.39 is 34.3 Å². The minimum atomic E-state index is -4.35. The molecule has 0 heterocycles. The predicted octanol–water partition coefficient (Wildman–Crippen LogP) is 7.19. The largest absolute Gasteiger partial charge is 0.354 e. The van der Waals surface area contributed by atoms with Gasteiger partial charge in [0.15, 0.2) is 0 Å². The number of halogens is 3. The first-order valence-corrected chi connectivity index (χ1v) is 17.1. The Bertz CT molecular complexity index is 1740. The number of amides is 2. The van der Waals surface area contributed by atoms with Crippen LogP contribution in [0.5, 0.6) is 0 Å². The molecular weight excluding hydrogens is 648 g/mol. The maximum absolute atomic E-state index is 14.5. The number of carbonyl (C=O) groups excluding carboxylic acids is 2. The Balaban J connectivity index is 1.81. The minimum Gasteiger partial charge on any atom is -0.354 e. The van der Waals surface area contributed by atoms with Crippen molar-refractivity contribution in [1.82, 2.24) is 10.2 Å². The second-order valence-corrected chi connectivity index (χ2v) is 13.6. The van der Waals surface area contributed by atoms with Gasteiger partial charge in [0.1, 0.15) is 18.4 Å². The van der Waals surface area contributed by atoms with Crippen LogP contribution in [0.2, 0.25) is 10.0 Å². The summed E-state index contributed by atoms with van der Waals surface area (Å²) < 4.78 is 43.1. The molecule has 46 heavy (non-hydrogen) atoms. The second-order valence-electron chi connectivity index (χ2n) is 10.9. The zero-order chi connectivity index (χ0) is 33.3. The Morgan fingerprint density at radius 2 is 1.57 bits per heavy atom. The highest BCUT2D eigenvalue weighted by molar-refractivity contribution is 7.92. The fourth-order valence-electron chi connectivity index (χ4n) is 4.87. The van der Waals surface area contributed by atoms with Gasteiger partial charge in [0.2, 0.25) is 11.8 Å². The van der Waals surface area contributed by atoms with Gasteiger partial charge in [-0.1, -0.05) is 96.7 Å². The van der Waals surface area contributed by atoms with Gasteiger partial charge in [0.05, 0.1) is 15.6 Å². The molecule has 4 rings (SSSR count). The maximum Gasteiger partial charge on any atom is 0.264 e. The molecule has 0 aliphatic heterocycles. The lowest BCUT2D eigenvalue weighted by Crippen LogP contribution is -2.53. The van der Waals surface area contributed by atoms with E-state index in [2.05, 4.69) is 5.32 Å². The molecule has 0 aromatic heterocycles. The van der Waals surface area contributed by atoms with Gasteiger partial charge in [0.25, 0.3) is 10.0 Å². The third kappa shape index (κ3) is 9.09. The summed E-state index contributed by atoms with van der Waals surface area (Å²) in [6.07, 6.45) is 1.76. The number of aryl methyl sites for hydroxylation is 1. The highest BCUT2D eigenvalue weighted by Crippen LogP contribution is 2.33. The molecule has 1 atom stereocenters. The molecule has 0 radical (unpaired) electrons. The molecule has 0 fully saturated rings. The molecule has 1 N–H and O–H groups in total. The van der Waals surface area contributed by atoms with Crippen molar-refractivity contribution in [3.8, 4) is 0 Å². The summed E-state index contributed by atoms with van der Waals surface area (Å²) >= 11 is 12.8. The third-order valence-electron chi connectivity index (χ3n) is 7.43. The first-order valence-electron chi connectivity index (χ1n) is 14.9. The van der Waals surface area contributed by atoms with E-state index in [9.17, 15) is 22.4 Å². The van der Waals surface area contributed by atoms with Crippen molar-refractivity contribution < 1.29 is 22.4 Å². The van der Waals surface area contributed by atoms with Gasteiger partial charge in [-0.2, -0.15) is 0 Å². The van der Waals surface area contributed by atoms with Crippen molar-refractivity contribution in [2.24, 2.45) is 0 Å². The van der Waals surface area contributed by atoms with Gasteiger partial charge in [-0.3, -0.25) is 13.9 Å². The van der Waals surface area contributed by atoms with Crippen LogP contribution < -0.4 is 9.62 Å². The lowest BCUT2D eigenvalue weighted by atomic mass is 10.0. The van der Waals surface area contributed by atoms with Crippen LogP contribution in [0.1, 0.15) is 36.5 Å². The van der Waals surface area contributed by atoms with E-state index in [0.29, 0.717) is 12.1 Å². The number of benzene rings is 4. The molecule has 0 aliphatic carbocycles. The summed E-state index contributed by atoms with van der Waals surface area (Å²) in [6, 6.07) is 24.4. The van der Waals surface area contributed by atoms with Crippen LogP contribution >= 0.6 is 23.2 Å². The highest BCUT2D eigenvalue weighted by Gasteiger charge is 2.35. The Kier molecular flexibility index (Phi) is 12.2. The quantitative estimate of drug-likeness (QED) is 0.143. The molecule has 0 saturated carbocycles. The van der Waals surface area contributed by atoms with Crippen LogP contribution in [0.15, 0.2) is 102 Å². The van der Waals surface area contributed by atoms with Gasteiger partial charge in [-0.25, -0.2) is 12.8 Å².